The lowest BCUT2D eigenvalue weighted by atomic mass is 10.1. The zero-order valence-electron chi connectivity index (χ0n) is 11.3. The quantitative estimate of drug-likeness (QED) is 0.684. The summed E-state index contributed by atoms with van der Waals surface area (Å²) in [6.45, 7) is 1.06. The number of fused-ring (bicyclic) bond motifs is 2. The number of rotatable bonds is 1. The van der Waals surface area contributed by atoms with Gasteiger partial charge in [-0.1, -0.05) is 0 Å². The van der Waals surface area contributed by atoms with Gasteiger partial charge in [0.1, 0.15) is 10.4 Å². The molecule has 3 heterocycles. The van der Waals surface area contributed by atoms with Crippen LogP contribution < -0.4 is 0 Å². The third kappa shape index (κ3) is 1.73. The first-order valence-corrected chi connectivity index (χ1v) is 7.70. The molecule has 20 heavy (non-hydrogen) atoms. The van der Waals surface area contributed by atoms with Crippen LogP contribution in [0.2, 0.25) is 0 Å². The average molecular weight is 331 g/mol. The molecule has 102 valence electrons. The highest BCUT2D eigenvalue weighted by Crippen LogP contribution is 2.31. The van der Waals surface area contributed by atoms with Gasteiger partial charge in [-0.05, 0) is 53.4 Å². The van der Waals surface area contributed by atoms with E-state index in [2.05, 4.69) is 43.7 Å². The number of benzene rings is 1. The molecule has 0 atom stereocenters. The first-order chi connectivity index (χ1) is 9.74. The number of hydrogen-bond acceptors (Lipinski definition) is 2. The van der Waals surface area contributed by atoms with Crippen LogP contribution in [-0.4, -0.2) is 19.1 Å². The summed E-state index contributed by atoms with van der Waals surface area (Å²) in [5, 5.41) is 0. The highest BCUT2D eigenvalue weighted by Gasteiger charge is 2.19. The summed E-state index contributed by atoms with van der Waals surface area (Å²) in [6.07, 6.45) is 5.45. The lowest BCUT2D eigenvalue weighted by molar-refractivity contribution is 0.535. The number of aromatic nitrogens is 4. The van der Waals surface area contributed by atoms with Crippen LogP contribution in [0, 0.1) is 0 Å². The number of nitrogens with zero attached hydrogens (tertiary/aromatic N) is 4. The van der Waals surface area contributed by atoms with Gasteiger partial charge in [0.05, 0.1) is 23.1 Å². The van der Waals surface area contributed by atoms with Crippen molar-refractivity contribution in [2.75, 3.05) is 0 Å². The number of halogens is 1. The summed E-state index contributed by atoms with van der Waals surface area (Å²) in [6, 6.07) is 6.39. The minimum atomic E-state index is 0.994. The molecule has 3 aromatic rings. The van der Waals surface area contributed by atoms with Gasteiger partial charge in [-0.25, -0.2) is 9.97 Å². The second-order valence-electron chi connectivity index (χ2n) is 5.34. The Bertz CT molecular complexity index is 800. The van der Waals surface area contributed by atoms with Crippen molar-refractivity contribution >= 4 is 27.0 Å². The molecule has 4 rings (SSSR count). The zero-order chi connectivity index (χ0) is 13.7. The van der Waals surface area contributed by atoms with Gasteiger partial charge in [-0.3, -0.25) is 0 Å². The van der Waals surface area contributed by atoms with Gasteiger partial charge >= 0.3 is 0 Å². The SMILES string of the molecule is Cn1cnc2cc(-c3nc(Br)c4n3CCCC4)ccc21. The highest BCUT2D eigenvalue weighted by atomic mass is 79.9. The Morgan fingerprint density at radius 2 is 2.15 bits per heavy atom. The highest BCUT2D eigenvalue weighted by molar-refractivity contribution is 9.10. The molecule has 5 heteroatoms. The van der Waals surface area contributed by atoms with Gasteiger partial charge in [0.2, 0.25) is 0 Å². The number of hydrogen-bond donors (Lipinski definition) is 0. The van der Waals surface area contributed by atoms with Crippen LogP contribution in [0.4, 0.5) is 0 Å². The molecule has 0 amide bonds. The zero-order valence-corrected chi connectivity index (χ0v) is 12.9. The fourth-order valence-corrected chi connectivity index (χ4v) is 3.57. The molecular weight excluding hydrogens is 316 g/mol. The van der Waals surface area contributed by atoms with Crippen molar-refractivity contribution in [3.8, 4) is 11.4 Å². The Labute approximate surface area is 125 Å². The molecule has 0 spiro atoms. The van der Waals surface area contributed by atoms with E-state index in [-0.39, 0.29) is 0 Å². The Balaban J connectivity index is 1.90. The van der Waals surface area contributed by atoms with Gasteiger partial charge in [-0.2, -0.15) is 0 Å². The normalized spacial score (nSPS) is 14.7. The number of aryl methyl sites for hydroxylation is 1. The topological polar surface area (TPSA) is 35.6 Å². The Morgan fingerprint density at radius 1 is 1.25 bits per heavy atom. The van der Waals surface area contributed by atoms with Crippen LogP contribution in [0.15, 0.2) is 29.1 Å². The first kappa shape index (κ1) is 12.1. The van der Waals surface area contributed by atoms with E-state index in [1.807, 2.05) is 17.9 Å². The van der Waals surface area contributed by atoms with Crippen molar-refractivity contribution < 1.29 is 0 Å². The van der Waals surface area contributed by atoms with E-state index < -0.39 is 0 Å². The molecule has 0 saturated heterocycles. The van der Waals surface area contributed by atoms with E-state index in [1.165, 1.54) is 18.5 Å². The van der Waals surface area contributed by atoms with E-state index in [1.54, 1.807) is 0 Å². The predicted molar refractivity (Wildman–Crippen MR) is 82.6 cm³/mol. The molecule has 0 N–H and O–H groups in total. The Kier molecular flexibility index (Phi) is 2.70. The van der Waals surface area contributed by atoms with E-state index in [0.717, 1.165) is 40.0 Å². The van der Waals surface area contributed by atoms with Crippen LogP contribution in [0.3, 0.4) is 0 Å². The van der Waals surface area contributed by atoms with Crippen molar-refractivity contribution in [3.63, 3.8) is 0 Å². The fraction of sp³-hybridized carbons (Fsp3) is 0.333. The molecule has 1 aliphatic rings. The van der Waals surface area contributed by atoms with Crippen molar-refractivity contribution in [3.05, 3.63) is 34.8 Å². The third-order valence-electron chi connectivity index (χ3n) is 4.05. The average Bonchev–Trinajstić information content (AvgIpc) is 3.01. The first-order valence-electron chi connectivity index (χ1n) is 6.90. The van der Waals surface area contributed by atoms with E-state index in [0.29, 0.717) is 0 Å². The molecule has 1 aliphatic heterocycles. The van der Waals surface area contributed by atoms with Gasteiger partial charge in [0.15, 0.2) is 0 Å². The van der Waals surface area contributed by atoms with Crippen LogP contribution in [-0.2, 0) is 20.0 Å². The smallest absolute Gasteiger partial charge is 0.141 e. The largest absolute Gasteiger partial charge is 0.334 e. The minimum Gasteiger partial charge on any atom is -0.334 e. The summed E-state index contributed by atoms with van der Waals surface area (Å²) in [5.74, 6) is 1.05. The number of imidazole rings is 2. The Morgan fingerprint density at radius 3 is 3.05 bits per heavy atom. The lowest BCUT2D eigenvalue weighted by Crippen LogP contribution is -2.11. The lowest BCUT2D eigenvalue weighted by Gasteiger charge is -2.16. The van der Waals surface area contributed by atoms with Crippen molar-refractivity contribution in [1.29, 1.82) is 0 Å². The molecule has 0 fully saturated rings. The fourth-order valence-electron chi connectivity index (χ4n) is 2.99. The van der Waals surface area contributed by atoms with Crippen LogP contribution in [0.25, 0.3) is 22.4 Å². The molecule has 0 bridgehead atoms. The molecule has 0 aliphatic carbocycles. The minimum absolute atomic E-state index is 0.994. The maximum atomic E-state index is 4.72. The predicted octanol–water partition coefficient (Wildman–Crippen LogP) is 3.54. The molecule has 2 aromatic heterocycles. The monoisotopic (exact) mass is 330 g/mol. The summed E-state index contributed by atoms with van der Waals surface area (Å²) < 4.78 is 5.38. The molecule has 0 saturated carbocycles. The van der Waals surface area contributed by atoms with E-state index in [4.69, 9.17) is 4.98 Å². The standard InChI is InChI=1S/C15H15BrN4/c1-19-9-17-11-8-10(5-6-12(11)19)15-18-14(16)13-4-2-3-7-20(13)15/h5-6,8-9H,2-4,7H2,1H3. The summed E-state index contributed by atoms with van der Waals surface area (Å²) in [5.41, 5.74) is 4.64. The second-order valence-corrected chi connectivity index (χ2v) is 6.09. The van der Waals surface area contributed by atoms with Gasteiger partial charge in [0, 0.05) is 19.2 Å². The van der Waals surface area contributed by atoms with Crippen LogP contribution in [0.1, 0.15) is 18.5 Å². The van der Waals surface area contributed by atoms with Crippen molar-refractivity contribution in [1.82, 2.24) is 19.1 Å². The van der Waals surface area contributed by atoms with Crippen LogP contribution >= 0.6 is 15.9 Å². The van der Waals surface area contributed by atoms with Gasteiger partial charge in [0.25, 0.3) is 0 Å². The van der Waals surface area contributed by atoms with E-state index in [9.17, 15) is 0 Å². The van der Waals surface area contributed by atoms with Crippen molar-refractivity contribution in [2.45, 2.75) is 25.8 Å². The van der Waals surface area contributed by atoms with Gasteiger partial charge in [-0.15, -0.1) is 0 Å². The molecule has 1 aromatic carbocycles. The van der Waals surface area contributed by atoms with Crippen LogP contribution in [0.5, 0.6) is 0 Å². The van der Waals surface area contributed by atoms with Gasteiger partial charge < -0.3 is 9.13 Å². The maximum Gasteiger partial charge on any atom is 0.141 e. The molecule has 0 radical (unpaired) electrons. The summed E-state index contributed by atoms with van der Waals surface area (Å²) >= 11 is 3.60. The van der Waals surface area contributed by atoms with E-state index >= 15 is 0 Å². The Hall–Kier alpha value is -1.62. The molecule has 4 nitrogen and oxygen atoms in total. The maximum absolute atomic E-state index is 4.72. The third-order valence-corrected chi connectivity index (χ3v) is 4.69. The molecular formula is C15H15BrN4. The summed E-state index contributed by atoms with van der Waals surface area (Å²) in [4.78, 5) is 9.16. The molecule has 0 unspecified atom stereocenters. The summed E-state index contributed by atoms with van der Waals surface area (Å²) in [7, 11) is 2.02. The second kappa shape index (κ2) is 4.45. The van der Waals surface area contributed by atoms with Crippen molar-refractivity contribution in [2.24, 2.45) is 7.05 Å².